The van der Waals surface area contributed by atoms with Crippen LogP contribution in [-0.2, 0) is 11.2 Å². The Hall–Kier alpha value is -2.60. The Balaban J connectivity index is 2.03. The second kappa shape index (κ2) is 9.64. The topological polar surface area (TPSA) is 58.2 Å². The van der Waals surface area contributed by atoms with Crippen molar-refractivity contribution in [3.8, 4) is 23.0 Å². The lowest BCUT2D eigenvalue weighted by atomic mass is 10.1. The summed E-state index contributed by atoms with van der Waals surface area (Å²) in [5.74, 6) is 2.93. The monoisotopic (exact) mass is 347 g/mol. The van der Waals surface area contributed by atoms with Gasteiger partial charge in [0.2, 0.25) is 0 Å². The average Bonchev–Trinajstić information content (AvgIpc) is 2.66. The number of rotatable bonds is 10. The van der Waals surface area contributed by atoms with Crippen LogP contribution in [0.2, 0.25) is 0 Å². The van der Waals surface area contributed by atoms with Crippen LogP contribution in [-0.4, -0.2) is 41.8 Å². The smallest absolute Gasteiger partial charge is 0.188 e. The average molecular weight is 347 g/mol. The largest absolute Gasteiger partial charge is 0.497 e. The summed E-state index contributed by atoms with van der Waals surface area (Å²) >= 11 is 0. The molecule has 2 aromatic carbocycles. The highest BCUT2D eigenvalue weighted by Crippen LogP contribution is 2.30. The van der Waals surface area contributed by atoms with Crippen LogP contribution in [0.25, 0.3) is 0 Å². The molecular formula is C19H25NO5. The second-order valence-electron chi connectivity index (χ2n) is 5.28. The minimum atomic E-state index is 0.191. The lowest BCUT2D eigenvalue weighted by Crippen LogP contribution is -2.08. The highest BCUT2D eigenvalue weighted by molar-refractivity contribution is 5.59. The van der Waals surface area contributed by atoms with Crippen molar-refractivity contribution in [2.24, 2.45) is 0 Å². The maximum atomic E-state index is 5.58. The van der Waals surface area contributed by atoms with Gasteiger partial charge in [-0.15, -0.1) is 0 Å². The molecule has 0 atom stereocenters. The summed E-state index contributed by atoms with van der Waals surface area (Å²) < 4.78 is 26.4. The van der Waals surface area contributed by atoms with Crippen LogP contribution in [0.1, 0.15) is 5.56 Å². The molecule has 0 aliphatic rings. The first-order chi connectivity index (χ1) is 12.2. The highest BCUT2D eigenvalue weighted by Gasteiger charge is 2.07. The molecule has 0 radical (unpaired) electrons. The number of hydrogen-bond acceptors (Lipinski definition) is 6. The van der Waals surface area contributed by atoms with Crippen LogP contribution in [0.15, 0.2) is 36.4 Å². The molecule has 0 spiro atoms. The summed E-state index contributed by atoms with van der Waals surface area (Å²) in [6.45, 7) is 0.919. The zero-order chi connectivity index (χ0) is 18.1. The Bertz CT molecular complexity index is 675. The molecule has 0 aliphatic carbocycles. The van der Waals surface area contributed by atoms with E-state index in [1.54, 1.807) is 28.4 Å². The van der Waals surface area contributed by atoms with Gasteiger partial charge >= 0.3 is 0 Å². The predicted molar refractivity (Wildman–Crippen MR) is 97.2 cm³/mol. The van der Waals surface area contributed by atoms with Crippen molar-refractivity contribution in [1.82, 2.24) is 0 Å². The second-order valence-corrected chi connectivity index (χ2v) is 5.28. The number of anilines is 1. The minimum Gasteiger partial charge on any atom is -0.497 e. The van der Waals surface area contributed by atoms with Gasteiger partial charge < -0.3 is 29.0 Å². The third kappa shape index (κ3) is 5.19. The number of ether oxygens (including phenoxy) is 5. The number of hydrogen-bond donors (Lipinski definition) is 1. The van der Waals surface area contributed by atoms with Crippen LogP contribution >= 0.6 is 0 Å². The molecule has 0 fully saturated rings. The minimum absolute atomic E-state index is 0.191. The van der Waals surface area contributed by atoms with Gasteiger partial charge in [0, 0.05) is 19.7 Å². The molecular weight excluding hydrogens is 322 g/mol. The van der Waals surface area contributed by atoms with Gasteiger partial charge in [-0.05, 0) is 36.2 Å². The fourth-order valence-corrected chi connectivity index (χ4v) is 2.40. The maximum absolute atomic E-state index is 5.58. The molecule has 0 bridgehead atoms. The third-order valence-electron chi connectivity index (χ3n) is 3.70. The Morgan fingerprint density at radius 2 is 1.56 bits per heavy atom. The van der Waals surface area contributed by atoms with Crippen molar-refractivity contribution in [3.05, 3.63) is 42.0 Å². The standard InChI is InChI=1S/C19H25NO5/c1-21-13-25-17-8-6-15(22-2)12-16(17)20-10-9-14-5-7-18(23-3)19(11-14)24-4/h5-8,11-12,20H,9-10,13H2,1-4H3. The van der Waals surface area contributed by atoms with Gasteiger partial charge in [-0.25, -0.2) is 0 Å². The highest BCUT2D eigenvalue weighted by atomic mass is 16.7. The molecule has 0 aromatic heterocycles. The van der Waals surface area contributed by atoms with E-state index >= 15 is 0 Å². The normalized spacial score (nSPS) is 10.2. The van der Waals surface area contributed by atoms with E-state index in [4.69, 9.17) is 23.7 Å². The van der Waals surface area contributed by atoms with Crippen LogP contribution in [0, 0.1) is 0 Å². The lowest BCUT2D eigenvalue weighted by Gasteiger charge is -2.14. The molecule has 6 heteroatoms. The summed E-state index contributed by atoms with van der Waals surface area (Å²) in [5.41, 5.74) is 2.00. The van der Waals surface area contributed by atoms with Crippen molar-refractivity contribution in [1.29, 1.82) is 0 Å². The van der Waals surface area contributed by atoms with Gasteiger partial charge in [0.15, 0.2) is 18.3 Å². The Morgan fingerprint density at radius 3 is 2.24 bits per heavy atom. The quantitative estimate of drug-likeness (QED) is 0.665. The van der Waals surface area contributed by atoms with Crippen LogP contribution in [0.4, 0.5) is 5.69 Å². The molecule has 0 unspecified atom stereocenters. The van der Waals surface area contributed by atoms with Crippen molar-refractivity contribution >= 4 is 5.69 Å². The van der Waals surface area contributed by atoms with E-state index in [1.165, 1.54) is 0 Å². The molecule has 0 saturated heterocycles. The first-order valence-electron chi connectivity index (χ1n) is 7.96. The lowest BCUT2D eigenvalue weighted by molar-refractivity contribution is 0.0516. The van der Waals surface area contributed by atoms with E-state index in [2.05, 4.69) is 5.32 Å². The van der Waals surface area contributed by atoms with Crippen LogP contribution in [0.3, 0.4) is 0 Å². The molecule has 6 nitrogen and oxygen atoms in total. The first kappa shape index (κ1) is 18.7. The molecule has 1 N–H and O–H groups in total. The van der Waals surface area contributed by atoms with Crippen LogP contribution in [0.5, 0.6) is 23.0 Å². The molecule has 0 heterocycles. The van der Waals surface area contributed by atoms with Gasteiger partial charge in [0.05, 0.1) is 27.0 Å². The van der Waals surface area contributed by atoms with E-state index in [1.807, 2.05) is 36.4 Å². The summed E-state index contributed by atoms with van der Waals surface area (Å²) in [4.78, 5) is 0. The molecule has 2 aromatic rings. The zero-order valence-electron chi connectivity index (χ0n) is 15.1. The van der Waals surface area contributed by atoms with E-state index in [0.29, 0.717) is 0 Å². The van der Waals surface area contributed by atoms with Crippen LogP contribution < -0.4 is 24.3 Å². The van der Waals surface area contributed by atoms with Gasteiger partial charge in [-0.2, -0.15) is 0 Å². The fraction of sp³-hybridized carbons (Fsp3) is 0.368. The van der Waals surface area contributed by atoms with E-state index < -0.39 is 0 Å². The SMILES string of the molecule is COCOc1ccc(OC)cc1NCCc1ccc(OC)c(OC)c1. The maximum Gasteiger partial charge on any atom is 0.188 e. The Kier molecular flexibility index (Phi) is 7.22. The van der Waals surface area contributed by atoms with Crippen molar-refractivity contribution in [2.45, 2.75) is 6.42 Å². The Morgan fingerprint density at radius 1 is 0.800 bits per heavy atom. The van der Waals surface area contributed by atoms with Gasteiger partial charge in [-0.3, -0.25) is 0 Å². The molecule has 136 valence electrons. The van der Waals surface area contributed by atoms with Crippen molar-refractivity contribution in [3.63, 3.8) is 0 Å². The van der Waals surface area contributed by atoms with E-state index in [0.717, 1.165) is 47.2 Å². The van der Waals surface area contributed by atoms with Gasteiger partial charge in [0.1, 0.15) is 11.5 Å². The Labute approximate surface area is 148 Å². The summed E-state index contributed by atoms with van der Waals surface area (Å²) in [7, 11) is 6.49. The van der Waals surface area contributed by atoms with E-state index in [9.17, 15) is 0 Å². The van der Waals surface area contributed by atoms with Crippen molar-refractivity contribution in [2.75, 3.05) is 47.1 Å². The molecule has 0 amide bonds. The summed E-state index contributed by atoms with van der Waals surface area (Å²) in [6, 6.07) is 11.5. The molecule has 25 heavy (non-hydrogen) atoms. The third-order valence-corrected chi connectivity index (χ3v) is 3.70. The van der Waals surface area contributed by atoms with Gasteiger partial charge in [0.25, 0.3) is 0 Å². The fourth-order valence-electron chi connectivity index (χ4n) is 2.40. The number of nitrogens with one attached hydrogen (secondary N) is 1. The molecule has 0 saturated carbocycles. The molecule has 0 aliphatic heterocycles. The van der Waals surface area contributed by atoms with Crippen molar-refractivity contribution < 1.29 is 23.7 Å². The first-order valence-corrected chi connectivity index (χ1v) is 7.96. The predicted octanol–water partition coefficient (Wildman–Crippen LogP) is 3.35. The molecule has 2 rings (SSSR count). The summed E-state index contributed by atoms with van der Waals surface area (Å²) in [5, 5.41) is 3.38. The van der Waals surface area contributed by atoms with E-state index in [-0.39, 0.29) is 6.79 Å². The summed E-state index contributed by atoms with van der Waals surface area (Å²) in [6.07, 6.45) is 0.821. The van der Waals surface area contributed by atoms with Gasteiger partial charge in [-0.1, -0.05) is 6.07 Å². The number of methoxy groups -OCH3 is 4. The number of benzene rings is 2. The zero-order valence-corrected chi connectivity index (χ0v) is 15.1.